The van der Waals surface area contributed by atoms with Gasteiger partial charge in [0.15, 0.2) is 17.5 Å². The summed E-state index contributed by atoms with van der Waals surface area (Å²) in [5.74, 6) is -5.85. The molecule has 1 nitrogen and oxygen atoms in total. The summed E-state index contributed by atoms with van der Waals surface area (Å²) in [5, 5.41) is 2.41. The van der Waals surface area contributed by atoms with Gasteiger partial charge < -0.3 is 5.32 Å². The van der Waals surface area contributed by atoms with E-state index in [0.29, 0.717) is 6.07 Å². The van der Waals surface area contributed by atoms with Gasteiger partial charge in [-0.1, -0.05) is 6.07 Å². The van der Waals surface area contributed by atoms with Crippen molar-refractivity contribution in [1.82, 2.24) is 0 Å². The lowest BCUT2D eigenvalue weighted by atomic mass is 10.2. The third-order valence-corrected chi connectivity index (χ3v) is 2.52. The van der Waals surface area contributed by atoms with E-state index in [9.17, 15) is 22.0 Å². The van der Waals surface area contributed by atoms with Gasteiger partial charge in [-0.2, -0.15) is 0 Å². The van der Waals surface area contributed by atoms with Crippen LogP contribution in [-0.4, -0.2) is 0 Å². The minimum Gasteiger partial charge on any atom is -0.378 e. The minimum absolute atomic E-state index is 0.0746. The fourth-order valence-electron chi connectivity index (χ4n) is 1.52. The molecule has 2 aromatic carbocycles. The second-order valence-electron chi connectivity index (χ2n) is 3.81. The number of rotatable bonds is 3. The van der Waals surface area contributed by atoms with Crippen molar-refractivity contribution in [2.75, 3.05) is 5.32 Å². The van der Waals surface area contributed by atoms with Crippen molar-refractivity contribution in [1.29, 1.82) is 0 Å². The third-order valence-electron chi connectivity index (χ3n) is 2.52. The summed E-state index contributed by atoms with van der Waals surface area (Å²) in [6.07, 6.45) is 0. The molecule has 0 atom stereocenters. The third kappa shape index (κ3) is 2.83. The van der Waals surface area contributed by atoms with Crippen LogP contribution >= 0.6 is 0 Å². The molecule has 0 spiro atoms. The van der Waals surface area contributed by atoms with Crippen molar-refractivity contribution in [3.8, 4) is 0 Å². The van der Waals surface area contributed by atoms with E-state index in [1.165, 1.54) is 6.07 Å². The first-order valence-corrected chi connectivity index (χ1v) is 5.30. The summed E-state index contributed by atoms with van der Waals surface area (Å²) in [4.78, 5) is 0. The highest BCUT2D eigenvalue weighted by Gasteiger charge is 2.13. The Morgan fingerprint density at radius 3 is 2.21 bits per heavy atom. The van der Waals surface area contributed by atoms with Gasteiger partial charge in [0.05, 0.1) is 5.69 Å². The van der Waals surface area contributed by atoms with Crippen LogP contribution in [0.2, 0.25) is 0 Å². The number of halogens is 5. The second-order valence-corrected chi connectivity index (χ2v) is 3.81. The van der Waals surface area contributed by atoms with E-state index in [1.807, 2.05) is 0 Å². The van der Waals surface area contributed by atoms with Gasteiger partial charge in [-0.3, -0.25) is 0 Å². The highest BCUT2D eigenvalue weighted by Crippen LogP contribution is 2.20. The molecule has 2 aromatic rings. The fourth-order valence-corrected chi connectivity index (χ4v) is 1.52. The van der Waals surface area contributed by atoms with Crippen LogP contribution in [-0.2, 0) is 6.54 Å². The van der Waals surface area contributed by atoms with Crippen LogP contribution in [0.15, 0.2) is 30.3 Å². The SMILES string of the molecule is Fc1ccc(CNc2ccc(F)c(F)c2F)c(F)c1. The van der Waals surface area contributed by atoms with Crippen LogP contribution in [0, 0.1) is 29.1 Å². The summed E-state index contributed by atoms with van der Waals surface area (Å²) < 4.78 is 64.9. The lowest BCUT2D eigenvalue weighted by molar-refractivity contribution is 0.449. The Kier molecular flexibility index (Phi) is 3.69. The Balaban J connectivity index is 2.17. The zero-order valence-electron chi connectivity index (χ0n) is 9.48. The van der Waals surface area contributed by atoms with Gasteiger partial charge in [-0.15, -0.1) is 0 Å². The van der Waals surface area contributed by atoms with Gasteiger partial charge in [-0.05, 0) is 18.2 Å². The number of nitrogens with one attached hydrogen (secondary N) is 1. The average Bonchev–Trinajstić information content (AvgIpc) is 2.37. The first-order chi connectivity index (χ1) is 8.99. The van der Waals surface area contributed by atoms with Gasteiger partial charge in [0, 0.05) is 18.2 Å². The summed E-state index contributed by atoms with van der Waals surface area (Å²) in [6.45, 7) is -0.186. The van der Waals surface area contributed by atoms with E-state index in [1.54, 1.807) is 0 Å². The normalized spacial score (nSPS) is 10.6. The summed E-state index contributed by atoms with van der Waals surface area (Å²) >= 11 is 0. The Bertz CT molecular complexity index is 612. The summed E-state index contributed by atoms with van der Waals surface area (Å²) in [7, 11) is 0. The maximum Gasteiger partial charge on any atom is 0.196 e. The van der Waals surface area contributed by atoms with Crippen LogP contribution in [0.1, 0.15) is 5.56 Å². The molecule has 0 aliphatic carbocycles. The molecule has 0 aliphatic heterocycles. The van der Waals surface area contributed by atoms with Crippen molar-refractivity contribution in [3.05, 3.63) is 65.0 Å². The molecule has 0 unspecified atom stereocenters. The molecule has 100 valence electrons. The molecule has 0 saturated carbocycles. The lowest BCUT2D eigenvalue weighted by Gasteiger charge is -2.09. The molecule has 0 radical (unpaired) electrons. The zero-order chi connectivity index (χ0) is 14.0. The molecule has 0 fully saturated rings. The molecule has 0 bridgehead atoms. The van der Waals surface area contributed by atoms with Crippen LogP contribution < -0.4 is 5.32 Å². The van der Waals surface area contributed by atoms with Gasteiger partial charge in [0.25, 0.3) is 0 Å². The summed E-state index contributed by atoms with van der Waals surface area (Å²) in [5.41, 5.74) is -0.229. The van der Waals surface area contributed by atoms with Crippen LogP contribution in [0.5, 0.6) is 0 Å². The van der Waals surface area contributed by atoms with Crippen LogP contribution in [0.3, 0.4) is 0 Å². The van der Waals surface area contributed by atoms with Crippen LogP contribution in [0.25, 0.3) is 0 Å². The Morgan fingerprint density at radius 2 is 1.53 bits per heavy atom. The highest BCUT2D eigenvalue weighted by atomic mass is 19.2. The highest BCUT2D eigenvalue weighted by molar-refractivity contribution is 5.46. The fraction of sp³-hybridized carbons (Fsp3) is 0.0769. The zero-order valence-corrected chi connectivity index (χ0v) is 9.48. The maximum atomic E-state index is 13.3. The molecule has 0 aromatic heterocycles. The molecule has 6 heteroatoms. The van der Waals surface area contributed by atoms with Crippen molar-refractivity contribution in [2.24, 2.45) is 0 Å². The van der Waals surface area contributed by atoms with E-state index in [4.69, 9.17) is 0 Å². The smallest absolute Gasteiger partial charge is 0.196 e. The number of anilines is 1. The van der Waals surface area contributed by atoms with E-state index < -0.39 is 29.1 Å². The number of hydrogen-bond donors (Lipinski definition) is 1. The number of benzene rings is 2. The second kappa shape index (κ2) is 5.26. The monoisotopic (exact) mass is 273 g/mol. The number of hydrogen-bond acceptors (Lipinski definition) is 1. The first-order valence-electron chi connectivity index (χ1n) is 5.30. The molecule has 0 aliphatic rings. The Labute approximate surface area is 105 Å². The van der Waals surface area contributed by atoms with Crippen molar-refractivity contribution < 1.29 is 22.0 Å². The predicted octanol–water partition coefficient (Wildman–Crippen LogP) is 3.99. The largest absolute Gasteiger partial charge is 0.378 e. The van der Waals surface area contributed by atoms with Crippen LogP contribution in [0.4, 0.5) is 27.6 Å². The van der Waals surface area contributed by atoms with Gasteiger partial charge >= 0.3 is 0 Å². The molecular weight excluding hydrogens is 265 g/mol. The Hall–Kier alpha value is -2.11. The van der Waals surface area contributed by atoms with Crippen molar-refractivity contribution in [3.63, 3.8) is 0 Å². The molecule has 0 heterocycles. The van der Waals surface area contributed by atoms with Gasteiger partial charge in [0.2, 0.25) is 0 Å². The first kappa shape index (κ1) is 13.3. The minimum atomic E-state index is -1.61. The molecule has 1 N–H and O–H groups in total. The molecular formula is C13H8F5N. The Morgan fingerprint density at radius 1 is 0.789 bits per heavy atom. The lowest BCUT2D eigenvalue weighted by Crippen LogP contribution is -2.05. The standard InChI is InChI=1S/C13H8F5N/c14-8-2-1-7(10(16)5-8)6-19-11-4-3-9(15)12(17)13(11)18/h1-5,19H,6H2. The van der Waals surface area contributed by atoms with Crippen molar-refractivity contribution >= 4 is 5.69 Å². The maximum absolute atomic E-state index is 13.3. The van der Waals surface area contributed by atoms with E-state index in [0.717, 1.165) is 18.2 Å². The van der Waals surface area contributed by atoms with Gasteiger partial charge in [-0.25, -0.2) is 22.0 Å². The summed E-state index contributed by atoms with van der Waals surface area (Å²) in [6, 6.07) is 4.65. The van der Waals surface area contributed by atoms with E-state index in [2.05, 4.69) is 5.32 Å². The average molecular weight is 273 g/mol. The van der Waals surface area contributed by atoms with Gasteiger partial charge in [0.1, 0.15) is 11.6 Å². The quantitative estimate of drug-likeness (QED) is 0.658. The predicted molar refractivity (Wildman–Crippen MR) is 60.0 cm³/mol. The van der Waals surface area contributed by atoms with E-state index in [-0.39, 0.29) is 17.8 Å². The molecule has 2 rings (SSSR count). The molecule has 19 heavy (non-hydrogen) atoms. The molecule has 0 amide bonds. The molecule has 0 saturated heterocycles. The van der Waals surface area contributed by atoms with E-state index >= 15 is 0 Å². The van der Waals surface area contributed by atoms with Crippen molar-refractivity contribution in [2.45, 2.75) is 6.54 Å². The topological polar surface area (TPSA) is 12.0 Å².